The smallest absolute Gasteiger partial charge is 0.294 e. The number of nitrogens with zero attached hydrogens (tertiary/aromatic N) is 2. The van der Waals surface area contributed by atoms with Crippen LogP contribution >= 0.6 is 0 Å². The topological polar surface area (TPSA) is 21.9 Å². The van der Waals surface area contributed by atoms with Gasteiger partial charge in [0.25, 0.3) is 5.82 Å². The molecule has 0 atom stereocenters. The zero-order chi connectivity index (χ0) is 25.3. The monoisotopic (exact) mass is 483 g/mol. The first-order valence-corrected chi connectivity index (χ1v) is 13.3. The largest absolute Gasteiger partial charge is 0.456 e. The third-order valence-corrected chi connectivity index (χ3v) is 7.86. The summed E-state index contributed by atoms with van der Waals surface area (Å²) in [6, 6.07) is 28.5. The standard InChI is InChI=1S/C34H31N2O/c1-21(2)28-18-25(23-13-14-32-30(17-23)27-11-7-8-12-31(27)37-32)19-29(22(3)4)33(28)36-16-15-35-20-24-9-5-6-10-26(24)34(35)36/h5-19,21-22H,20H2,1-4H3/q+1. The van der Waals surface area contributed by atoms with Crippen LogP contribution in [0.25, 0.3) is 50.1 Å². The number of imidazole rings is 1. The molecule has 3 heterocycles. The molecule has 3 heteroatoms. The second kappa shape index (κ2) is 8.21. The molecule has 2 aromatic heterocycles. The minimum Gasteiger partial charge on any atom is -0.456 e. The van der Waals surface area contributed by atoms with Gasteiger partial charge in [0, 0.05) is 27.5 Å². The van der Waals surface area contributed by atoms with Crippen LogP contribution in [0.5, 0.6) is 0 Å². The van der Waals surface area contributed by atoms with E-state index in [1.54, 1.807) is 0 Å². The Kier molecular flexibility index (Phi) is 4.91. The first kappa shape index (κ1) is 22.1. The summed E-state index contributed by atoms with van der Waals surface area (Å²) in [5.74, 6) is 2.04. The molecule has 0 spiro atoms. The fourth-order valence-electron chi connectivity index (χ4n) is 5.99. The number of hydrogen-bond donors (Lipinski definition) is 0. The van der Waals surface area contributed by atoms with Crippen molar-refractivity contribution >= 4 is 21.9 Å². The maximum absolute atomic E-state index is 6.10. The molecule has 3 nitrogen and oxygen atoms in total. The fraction of sp³-hybridized carbons (Fsp3) is 0.206. The third-order valence-electron chi connectivity index (χ3n) is 7.86. The van der Waals surface area contributed by atoms with E-state index in [-0.39, 0.29) is 0 Å². The van der Waals surface area contributed by atoms with E-state index in [0.29, 0.717) is 11.8 Å². The highest BCUT2D eigenvalue weighted by Crippen LogP contribution is 2.40. The number of furan rings is 1. The summed E-state index contributed by atoms with van der Waals surface area (Å²) in [6.07, 6.45) is 4.48. The number of aromatic nitrogens is 2. The first-order chi connectivity index (χ1) is 18.0. The second-order valence-corrected chi connectivity index (χ2v) is 10.9. The van der Waals surface area contributed by atoms with Gasteiger partial charge in [0.15, 0.2) is 0 Å². The molecule has 0 radical (unpaired) electrons. The third kappa shape index (κ3) is 3.37. The maximum Gasteiger partial charge on any atom is 0.294 e. The van der Waals surface area contributed by atoms with Crippen LogP contribution in [0.4, 0.5) is 0 Å². The van der Waals surface area contributed by atoms with E-state index in [2.05, 4.69) is 116 Å². The van der Waals surface area contributed by atoms with Gasteiger partial charge in [-0.25, -0.2) is 4.57 Å². The Morgan fingerprint density at radius 3 is 2.22 bits per heavy atom. The Morgan fingerprint density at radius 2 is 1.43 bits per heavy atom. The van der Waals surface area contributed by atoms with Gasteiger partial charge < -0.3 is 4.42 Å². The summed E-state index contributed by atoms with van der Waals surface area (Å²) >= 11 is 0. The lowest BCUT2D eigenvalue weighted by Crippen LogP contribution is -2.30. The minimum atomic E-state index is 0.380. The van der Waals surface area contributed by atoms with Gasteiger partial charge in [0.2, 0.25) is 0 Å². The quantitative estimate of drug-likeness (QED) is 0.230. The molecule has 4 aromatic carbocycles. The molecule has 37 heavy (non-hydrogen) atoms. The number of fused-ring (bicyclic) bond motifs is 6. The SMILES string of the molecule is CC(C)c1cc(-c2ccc3oc4ccccc4c3c2)cc(C(C)C)c1-n1cc[n+]2c1-c1ccccc1C2. The van der Waals surface area contributed by atoms with Gasteiger partial charge in [-0.05, 0) is 59.4 Å². The Bertz CT molecular complexity index is 1790. The van der Waals surface area contributed by atoms with E-state index in [9.17, 15) is 0 Å². The predicted octanol–water partition coefficient (Wildman–Crippen LogP) is 8.61. The van der Waals surface area contributed by atoms with Crippen LogP contribution in [0.2, 0.25) is 0 Å². The van der Waals surface area contributed by atoms with Crippen molar-refractivity contribution in [3.63, 3.8) is 0 Å². The van der Waals surface area contributed by atoms with Gasteiger partial charge in [-0.3, -0.25) is 0 Å². The molecule has 0 amide bonds. The van der Waals surface area contributed by atoms with Crippen LogP contribution in [0.3, 0.4) is 0 Å². The minimum absolute atomic E-state index is 0.380. The van der Waals surface area contributed by atoms with Gasteiger partial charge in [-0.2, -0.15) is 4.57 Å². The lowest BCUT2D eigenvalue weighted by atomic mass is 9.88. The van der Waals surface area contributed by atoms with Gasteiger partial charge in [-0.1, -0.05) is 70.2 Å². The van der Waals surface area contributed by atoms with E-state index >= 15 is 0 Å². The van der Waals surface area contributed by atoms with Crippen molar-refractivity contribution in [1.29, 1.82) is 0 Å². The summed E-state index contributed by atoms with van der Waals surface area (Å²) in [7, 11) is 0. The molecular weight excluding hydrogens is 452 g/mol. The number of benzene rings is 4. The zero-order valence-corrected chi connectivity index (χ0v) is 21.8. The summed E-state index contributed by atoms with van der Waals surface area (Å²) in [6.45, 7) is 10.2. The van der Waals surface area contributed by atoms with Crippen molar-refractivity contribution in [2.75, 3.05) is 0 Å². The average molecular weight is 484 g/mol. The van der Waals surface area contributed by atoms with Crippen molar-refractivity contribution in [3.8, 4) is 28.2 Å². The van der Waals surface area contributed by atoms with Crippen LogP contribution in [0.15, 0.2) is 95.7 Å². The number of para-hydroxylation sites is 1. The Hall–Kier alpha value is -4.11. The molecule has 0 bridgehead atoms. The molecule has 0 N–H and O–H groups in total. The molecule has 0 aliphatic carbocycles. The van der Waals surface area contributed by atoms with E-state index in [4.69, 9.17) is 4.42 Å². The molecule has 0 unspecified atom stereocenters. The van der Waals surface area contributed by atoms with Gasteiger partial charge >= 0.3 is 0 Å². The van der Waals surface area contributed by atoms with E-state index in [0.717, 1.165) is 17.7 Å². The zero-order valence-electron chi connectivity index (χ0n) is 21.8. The Morgan fingerprint density at radius 1 is 0.730 bits per heavy atom. The Labute approximate surface area is 217 Å². The fourth-order valence-corrected chi connectivity index (χ4v) is 5.99. The summed E-state index contributed by atoms with van der Waals surface area (Å²) in [5.41, 5.74) is 11.2. The molecule has 0 saturated heterocycles. The molecule has 7 rings (SSSR count). The van der Waals surface area contributed by atoms with E-state index < -0.39 is 0 Å². The molecule has 1 aliphatic rings. The average Bonchev–Trinajstić information content (AvgIpc) is 3.59. The highest BCUT2D eigenvalue weighted by molar-refractivity contribution is 6.06. The van der Waals surface area contributed by atoms with Crippen LogP contribution in [0, 0.1) is 0 Å². The molecule has 0 saturated carbocycles. The van der Waals surface area contributed by atoms with Gasteiger partial charge in [-0.15, -0.1) is 0 Å². The maximum atomic E-state index is 6.10. The Balaban J connectivity index is 1.46. The van der Waals surface area contributed by atoms with Crippen LogP contribution in [0.1, 0.15) is 56.2 Å². The molecule has 0 fully saturated rings. The van der Waals surface area contributed by atoms with Gasteiger partial charge in [0.05, 0.1) is 5.56 Å². The van der Waals surface area contributed by atoms with Crippen molar-refractivity contribution in [1.82, 2.24) is 4.57 Å². The number of rotatable bonds is 4. The highest BCUT2D eigenvalue weighted by atomic mass is 16.3. The normalized spacial score (nSPS) is 12.7. The number of hydrogen-bond acceptors (Lipinski definition) is 1. The lowest BCUT2D eigenvalue weighted by molar-refractivity contribution is -0.671. The lowest BCUT2D eigenvalue weighted by Gasteiger charge is -2.20. The van der Waals surface area contributed by atoms with Crippen molar-refractivity contribution < 1.29 is 8.98 Å². The van der Waals surface area contributed by atoms with Crippen LogP contribution in [-0.2, 0) is 6.54 Å². The van der Waals surface area contributed by atoms with Crippen molar-refractivity contribution in [2.45, 2.75) is 46.1 Å². The first-order valence-electron chi connectivity index (χ1n) is 13.3. The molecule has 1 aliphatic heterocycles. The molecule has 6 aromatic rings. The molecular formula is C34H31N2O+. The highest BCUT2D eigenvalue weighted by Gasteiger charge is 2.32. The summed E-state index contributed by atoms with van der Waals surface area (Å²) < 4.78 is 10.9. The van der Waals surface area contributed by atoms with Gasteiger partial charge in [0.1, 0.15) is 35.8 Å². The molecule has 182 valence electrons. The summed E-state index contributed by atoms with van der Waals surface area (Å²) in [4.78, 5) is 0. The summed E-state index contributed by atoms with van der Waals surface area (Å²) in [5, 5.41) is 2.34. The van der Waals surface area contributed by atoms with Crippen LogP contribution in [-0.4, -0.2) is 4.57 Å². The predicted molar refractivity (Wildman–Crippen MR) is 151 cm³/mol. The second-order valence-electron chi connectivity index (χ2n) is 10.9. The van der Waals surface area contributed by atoms with Crippen molar-refractivity contribution in [3.05, 3.63) is 108 Å². The van der Waals surface area contributed by atoms with E-state index in [1.807, 2.05) is 12.1 Å². The van der Waals surface area contributed by atoms with Crippen LogP contribution < -0.4 is 4.57 Å². The van der Waals surface area contributed by atoms with Crippen molar-refractivity contribution in [2.24, 2.45) is 0 Å². The van der Waals surface area contributed by atoms with E-state index in [1.165, 1.54) is 55.7 Å².